The monoisotopic (exact) mass is 411 g/mol. The summed E-state index contributed by atoms with van der Waals surface area (Å²) in [4.78, 5) is 22.5. The topological polar surface area (TPSA) is 95.6 Å². The van der Waals surface area contributed by atoms with Crippen LogP contribution >= 0.6 is 0 Å². The van der Waals surface area contributed by atoms with Crippen molar-refractivity contribution in [3.8, 4) is 0 Å². The van der Waals surface area contributed by atoms with E-state index >= 15 is 0 Å². The second-order valence-corrected chi connectivity index (χ2v) is 7.72. The molecule has 0 unspecified atom stereocenters. The van der Waals surface area contributed by atoms with Crippen molar-refractivity contribution < 1.29 is 26.8 Å². The smallest absolute Gasteiger partial charge is 0.246 e. The number of hydrogen-bond acceptors (Lipinski definition) is 4. The van der Waals surface area contributed by atoms with E-state index in [4.69, 9.17) is 0 Å². The maximum absolute atomic E-state index is 13.9. The number of likely N-dealkylation sites (N-methyl/N-ethyl adjacent to an activating group) is 1. The van der Waals surface area contributed by atoms with Gasteiger partial charge < -0.3 is 10.6 Å². The van der Waals surface area contributed by atoms with Crippen molar-refractivity contribution in [2.75, 3.05) is 23.7 Å². The van der Waals surface area contributed by atoms with Crippen molar-refractivity contribution in [3.63, 3.8) is 0 Å². The molecule has 10 heteroatoms. The molecule has 0 bridgehead atoms. The Morgan fingerprint density at radius 3 is 2.07 bits per heavy atom. The zero-order valence-corrected chi connectivity index (χ0v) is 16.0. The minimum absolute atomic E-state index is 0.0892. The third-order valence-corrected chi connectivity index (χ3v) is 5.63. The molecule has 0 aliphatic heterocycles. The van der Waals surface area contributed by atoms with Gasteiger partial charge in [-0.05, 0) is 36.4 Å². The first kappa shape index (κ1) is 21.5. The van der Waals surface area contributed by atoms with Gasteiger partial charge >= 0.3 is 0 Å². The Kier molecular flexibility index (Phi) is 6.81. The number of hydrogen-bond donors (Lipinski definition) is 2. The van der Waals surface area contributed by atoms with Crippen LogP contribution in [0.1, 0.15) is 13.8 Å². The lowest BCUT2D eigenvalue weighted by atomic mass is 10.2. The minimum Gasteiger partial charge on any atom is -0.326 e. The van der Waals surface area contributed by atoms with Gasteiger partial charge in [0.25, 0.3) is 0 Å². The molecule has 7 nitrogen and oxygen atoms in total. The number of nitrogens with zero attached hydrogens (tertiary/aromatic N) is 1. The lowest BCUT2D eigenvalue weighted by Gasteiger charge is -2.20. The molecule has 0 fully saturated rings. The molecule has 2 aromatic carbocycles. The summed E-state index contributed by atoms with van der Waals surface area (Å²) < 4.78 is 52.8. The third-order valence-electron chi connectivity index (χ3n) is 3.67. The number of benzene rings is 2. The van der Waals surface area contributed by atoms with Crippen LogP contribution in [0.5, 0.6) is 0 Å². The number of carbonyl (C=O) groups excluding carboxylic acids is 2. The van der Waals surface area contributed by atoms with Gasteiger partial charge in [-0.2, -0.15) is 4.31 Å². The average molecular weight is 411 g/mol. The third kappa shape index (κ3) is 5.33. The summed E-state index contributed by atoms with van der Waals surface area (Å²) in [6.07, 6.45) is 0. The molecule has 2 rings (SSSR count). The molecule has 2 N–H and O–H groups in total. The first-order valence-electron chi connectivity index (χ1n) is 8.26. The average Bonchev–Trinajstić information content (AvgIpc) is 2.60. The van der Waals surface area contributed by atoms with Gasteiger partial charge in [-0.3, -0.25) is 9.59 Å². The van der Waals surface area contributed by atoms with Gasteiger partial charge in [-0.25, -0.2) is 17.2 Å². The quantitative estimate of drug-likeness (QED) is 0.732. The molecule has 0 radical (unpaired) electrons. The molecule has 0 aliphatic rings. The van der Waals surface area contributed by atoms with Crippen LogP contribution in [0.15, 0.2) is 47.4 Å². The molecule has 2 amide bonds. The minimum atomic E-state index is -4.32. The number of anilines is 2. The van der Waals surface area contributed by atoms with Crippen molar-refractivity contribution >= 4 is 33.2 Å². The van der Waals surface area contributed by atoms with E-state index < -0.39 is 39.0 Å². The Hall–Kier alpha value is -2.85. The fourth-order valence-electron chi connectivity index (χ4n) is 2.39. The lowest BCUT2D eigenvalue weighted by Crippen LogP contribution is -2.38. The van der Waals surface area contributed by atoms with E-state index in [1.54, 1.807) is 12.1 Å². The van der Waals surface area contributed by atoms with Crippen LogP contribution in [0.4, 0.5) is 20.2 Å². The summed E-state index contributed by atoms with van der Waals surface area (Å²) in [7, 11) is -4.32. The number of halogens is 2. The molecule has 0 aliphatic carbocycles. The van der Waals surface area contributed by atoms with Gasteiger partial charge in [0.05, 0.1) is 6.54 Å². The van der Waals surface area contributed by atoms with Crippen molar-refractivity contribution in [2.45, 2.75) is 18.7 Å². The lowest BCUT2D eigenvalue weighted by molar-refractivity contribution is -0.116. The van der Waals surface area contributed by atoms with E-state index in [2.05, 4.69) is 10.6 Å². The van der Waals surface area contributed by atoms with E-state index in [0.717, 1.165) is 16.4 Å². The first-order chi connectivity index (χ1) is 13.1. The van der Waals surface area contributed by atoms with Crippen molar-refractivity contribution in [2.24, 2.45) is 0 Å². The second kappa shape index (κ2) is 8.89. The highest BCUT2D eigenvalue weighted by molar-refractivity contribution is 7.89. The van der Waals surface area contributed by atoms with Gasteiger partial charge in [0, 0.05) is 30.9 Å². The SMILES string of the molecule is CCN(CC(=O)Nc1ccc(NC(C)=O)cc1)S(=O)(=O)c1ccc(F)cc1F. The Balaban J connectivity index is 2.11. The molecule has 28 heavy (non-hydrogen) atoms. The van der Waals surface area contributed by atoms with Crippen LogP contribution in [0.2, 0.25) is 0 Å². The van der Waals surface area contributed by atoms with Gasteiger partial charge in [0.15, 0.2) is 0 Å². The number of sulfonamides is 1. The van der Waals surface area contributed by atoms with E-state index in [1.807, 2.05) is 0 Å². The van der Waals surface area contributed by atoms with Crippen LogP contribution in [0.25, 0.3) is 0 Å². The largest absolute Gasteiger partial charge is 0.326 e. The number of nitrogens with one attached hydrogen (secondary N) is 2. The number of rotatable bonds is 7. The molecule has 0 saturated heterocycles. The summed E-state index contributed by atoms with van der Waals surface area (Å²) in [5.74, 6) is -3.01. The maximum atomic E-state index is 13.9. The van der Waals surface area contributed by atoms with Crippen molar-refractivity contribution in [1.82, 2.24) is 4.31 Å². The predicted molar refractivity (Wildman–Crippen MR) is 100 cm³/mol. The predicted octanol–water partition coefficient (Wildman–Crippen LogP) is 2.57. The van der Waals surface area contributed by atoms with Crippen LogP contribution < -0.4 is 10.6 Å². The molecule has 0 heterocycles. The Morgan fingerprint density at radius 1 is 1.00 bits per heavy atom. The van der Waals surface area contributed by atoms with E-state index in [1.165, 1.54) is 26.0 Å². The van der Waals surface area contributed by atoms with Crippen LogP contribution in [-0.4, -0.2) is 37.6 Å². The van der Waals surface area contributed by atoms with Crippen LogP contribution in [0.3, 0.4) is 0 Å². The van der Waals surface area contributed by atoms with Crippen molar-refractivity contribution in [3.05, 3.63) is 54.1 Å². The zero-order valence-electron chi connectivity index (χ0n) is 15.2. The van der Waals surface area contributed by atoms with Crippen LogP contribution in [0, 0.1) is 11.6 Å². The first-order valence-corrected chi connectivity index (χ1v) is 9.70. The highest BCUT2D eigenvalue weighted by atomic mass is 32.2. The standard InChI is InChI=1S/C18H19F2N3O4S/c1-3-23(28(26,27)17-9-4-13(19)10-16(17)20)11-18(25)22-15-7-5-14(6-8-15)21-12(2)24/h4-10H,3,11H2,1-2H3,(H,21,24)(H,22,25). The normalized spacial score (nSPS) is 11.3. The van der Waals surface area contributed by atoms with E-state index in [9.17, 15) is 26.8 Å². The number of carbonyl (C=O) groups is 2. The molecular weight excluding hydrogens is 392 g/mol. The highest BCUT2D eigenvalue weighted by Gasteiger charge is 2.28. The molecule has 150 valence electrons. The van der Waals surface area contributed by atoms with Gasteiger partial charge in [0.1, 0.15) is 16.5 Å². The van der Waals surface area contributed by atoms with Gasteiger partial charge in [0.2, 0.25) is 21.8 Å². The second-order valence-electron chi connectivity index (χ2n) is 5.81. The molecule has 2 aromatic rings. The van der Waals surface area contributed by atoms with E-state index in [-0.39, 0.29) is 12.5 Å². The van der Waals surface area contributed by atoms with Crippen LogP contribution in [-0.2, 0) is 19.6 Å². The Bertz CT molecular complexity index is 979. The van der Waals surface area contributed by atoms with E-state index in [0.29, 0.717) is 17.4 Å². The Labute approximate surface area is 161 Å². The molecule has 0 aromatic heterocycles. The Morgan fingerprint density at radius 2 is 1.57 bits per heavy atom. The zero-order chi connectivity index (χ0) is 20.9. The summed E-state index contributed by atoms with van der Waals surface area (Å²) in [5, 5.41) is 5.10. The fourth-order valence-corrected chi connectivity index (χ4v) is 3.84. The summed E-state index contributed by atoms with van der Waals surface area (Å²) >= 11 is 0. The summed E-state index contributed by atoms with van der Waals surface area (Å²) in [5.41, 5.74) is 0.926. The molecule has 0 spiro atoms. The number of amides is 2. The summed E-state index contributed by atoms with van der Waals surface area (Å²) in [6.45, 7) is 2.21. The molecular formula is C18H19F2N3O4S. The van der Waals surface area contributed by atoms with Gasteiger partial charge in [-0.1, -0.05) is 6.92 Å². The molecule has 0 atom stereocenters. The molecule has 0 saturated carbocycles. The summed E-state index contributed by atoms with van der Waals surface area (Å²) in [6, 6.07) is 8.33. The van der Waals surface area contributed by atoms with Gasteiger partial charge in [-0.15, -0.1) is 0 Å². The fraction of sp³-hybridized carbons (Fsp3) is 0.222. The highest BCUT2D eigenvalue weighted by Crippen LogP contribution is 2.20. The maximum Gasteiger partial charge on any atom is 0.246 e. The van der Waals surface area contributed by atoms with Crippen molar-refractivity contribution in [1.29, 1.82) is 0 Å².